The molecule has 1 aliphatic carbocycles. The van der Waals surface area contributed by atoms with Crippen LogP contribution in [0.5, 0.6) is 0 Å². The fourth-order valence-electron chi connectivity index (χ4n) is 3.53. The molecule has 0 bridgehead atoms. The van der Waals surface area contributed by atoms with Crippen LogP contribution < -0.4 is 0 Å². The number of hydrogen-bond donors (Lipinski definition) is 1. The van der Waals surface area contributed by atoms with Gasteiger partial charge in [0.25, 0.3) is 0 Å². The molecule has 16 heavy (non-hydrogen) atoms. The molecule has 1 heterocycles. The van der Waals surface area contributed by atoms with Gasteiger partial charge in [-0.15, -0.1) is 0 Å². The summed E-state index contributed by atoms with van der Waals surface area (Å²) >= 11 is 0. The highest BCUT2D eigenvalue weighted by atomic mass is 16.4. The molecule has 1 saturated heterocycles. The van der Waals surface area contributed by atoms with Gasteiger partial charge in [-0.2, -0.15) is 0 Å². The van der Waals surface area contributed by atoms with Crippen molar-refractivity contribution in [2.24, 2.45) is 5.92 Å². The van der Waals surface area contributed by atoms with Crippen molar-refractivity contribution in [3.63, 3.8) is 0 Å². The second-order valence-corrected chi connectivity index (χ2v) is 5.24. The summed E-state index contributed by atoms with van der Waals surface area (Å²) in [5.74, 6) is -0.688. The number of likely N-dealkylation sites (tertiary alicyclic amines) is 1. The van der Waals surface area contributed by atoms with Gasteiger partial charge in [-0.25, -0.2) is 0 Å². The molecule has 1 aliphatic heterocycles. The summed E-state index contributed by atoms with van der Waals surface area (Å²) in [6.45, 7) is 3.34. The molecule has 1 saturated carbocycles. The minimum atomic E-state index is -0.577. The zero-order valence-corrected chi connectivity index (χ0v) is 10.2. The largest absolute Gasteiger partial charge is 0.481 e. The van der Waals surface area contributed by atoms with Crippen LogP contribution in [0.2, 0.25) is 0 Å². The van der Waals surface area contributed by atoms with Crippen LogP contribution in [-0.4, -0.2) is 34.6 Å². The summed E-state index contributed by atoms with van der Waals surface area (Å²) in [4.78, 5) is 13.8. The lowest BCUT2D eigenvalue weighted by Crippen LogP contribution is -2.47. The monoisotopic (exact) mass is 225 g/mol. The van der Waals surface area contributed by atoms with Gasteiger partial charge >= 0.3 is 5.97 Å². The average Bonchev–Trinajstić information content (AvgIpc) is 2.76. The fraction of sp³-hybridized carbons (Fsp3) is 0.923. The Morgan fingerprint density at radius 1 is 1.25 bits per heavy atom. The molecule has 0 amide bonds. The smallest absolute Gasteiger partial charge is 0.308 e. The molecule has 3 unspecified atom stereocenters. The number of aliphatic carboxylic acids is 1. The fourth-order valence-corrected chi connectivity index (χ4v) is 3.53. The highest BCUT2D eigenvalue weighted by molar-refractivity contribution is 5.71. The van der Waals surface area contributed by atoms with Crippen LogP contribution in [0.4, 0.5) is 0 Å². The highest BCUT2D eigenvalue weighted by Crippen LogP contribution is 2.34. The van der Waals surface area contributed by atoms with E-state index in [4.69, 9.17) is 0 Å². The molecular formula is C13H23NO2. The van der Waals surface area contributed by atoms with Gasteiger partial charge in [-0.1, -0.05) is 19.8 Å². The molecule has 0 aromatic rings. The molecule has 2 rings (SSSR count). The predicted octanol–water partition coefficient (Wildman–Crippen LogP) is 2.50. The first-order valence-electron chi connectivity index (χ1n) is 6.72. The molecule has 0 spiro atoms. The first-order valence-corrected chi connectivity index (χ1v) is 6.72. The van der Waals surface area contributed by atoms with E-state index < -0.39 is 5.97 Å². The van der Waals surface area contributed by atoms with E-state index in [1.165, 1.54) is 25.7 Å². The van der Waals surface area contributed by atoms with Gasteiger partial charge in [0.2, 0.25) is 0 Å². The summed E-state index contributed by atoms with van der Waals surface area (Å²) in [7, 11) is 0. The van der Waals surface area contributed by atoms with Gasteiger partial charge in [0.05, 0.1) is 5.92 Å². The van der Waals surface area contributed by atoms with E-state index in [9.17, 15) is 9.90 Å². The normalized spacial score (nSPS) is 36.4. The molecule has 92 valence electrons. The second kappa shape index (κ2) is 5.17. The minimum absolute atomic E-state index is 0.110. The van der Waals surface area contributed by atoms with Crippen LogP contribution in [0.3, 0.4) is 0 Å². The van der Waals surface area contributed by atoms with Crippen molar-refractivity contribution in [2.45, 2.75) is 64.0 Å². The Morgan fingerprint density at radius 2 is 2.00 bits per heavy atom. The van der Waals surface area contributed by atoms with E-state index in [0.29, 0.717) is 12.1 Å². The van der Waals surface area contributed by atoms with Crippen LogP contribution in [-0.2, 0) is 4.79 Å². The number of nitrogens with zero attached hydrogens (tertiary/aromatic N) is 1. The Balaban J connectivity index is 2.07. The van der Waals surface area contributed by atoms with Crippen LogP contribution >= 0.6 is 0 Å². The molecule has 0 aromatic heterocycles. The second-order valence-electron chi connectivity index (χ2n) is 5.24. The molecule has 1 N–H and O–H groups in total. The lowest BCUT2D eigenvalue weighted by molar-refractivity contribution is -0.145. The van der Waals surface area contributed by atoms with Gasteiger partial charge in [0.15, 0.2) is 0 Å². The molecule has 2 aliphatic rings. The van der Waals surface area contributed by atoms with Gasteiger partial charge in [-0.05, 0) is 38.6 Å². The van der Waals surface area contributed by atoms with Gasteiger partial charge < -0.3 is 5.11 Å². The van der Waals surface area contributed by atoms with Crippen LogP contribution in [0.1, 0.15) is 51.9 Å². The lowest BCUT2D eigenvalue weighted by Gasteiger charge is -2.39. The lowest BCUT2D eigenvalue weighted by atomic mass is 9.83. The molecular weight excluding hydrogens is 202 g/mol. The zero-order valence-electron chi connectivity index (χ0n) is 10.2. The maximum Gasteiger partial charge on any atom is 0.308 e. The zero-order chi connectivity index (χ0) is 11.5. The van der Waals surface area contributed by atoms with Crippen molar-refractivity contribution in [3.8, 4) is 0 Å². The number of rotatable bonds is 3. The van der Waals surface area contributed by atoms with E-state index >= 15 is 0 Å². The topological polar surface area (TPSA) is 40.5 Å². The minimum Gasteiger partial charge on any atom is -0.481 e. The summed E-state index contributed by atoms with van der Waals surface area (Å²) < 4.78 is 0. The molecule has 0 radical (unpaired) electrons. The molecule has 3 heteroatoms. The third-order valence-corrected chi connectivity index (χ3v) is 4.37. The number of carboxylic acid groups (broad SMARTS) is 1. The van der Waals surface area contributed by atoms with Crippen molar-refractivity contribution in [3.05, 3.63) is 0 Å². The first-order chi connectivity index (χ1) is 7.74. The van der Waals surface area contributed by atoms with Gasteiger partial charge in [0, 0.05) is 12.1 Å². The summed E-state index contributed by atoms with van der Waals surface area (Å²) in [6, 6.07) is 0.962. The third kappa shape index (κ3) is 2.24. The maximum absolute atomic E-state index is 11.3. The van der Waals surface area contributed by atoms with Gasteiger partial charge in [0.1, 0.15) is 0 Å². The predicted molar refractivity (Wildman–Crippen MR) is 63.4 cm³/mol. The summed E-state index contributed by atoms with van der Waals surface area (Å²) in [5, 5.41) is 9.30. The number of carbonyl (C=O) groups is 1. The van der Waals surface area contributed by atoms with Crippen molar-refractivity contribution in [1.82, 2.24) is 4.90 Å². The van der Waals surface area contributed by atoms with E-state index in [2.05, 4.69) is 11.8 Å². The summed E-state index contributed by atoms with van der Waals surface area (Å²) in [5.41, 5.74) is 0. The van der Waals surface area contributed by atoms with Crippen LogP contribution in [0.15, 0.2) is 0 Å². The molecule has 0 aromatic carbocycles. The average molecular weight is 225 g/mol. The first kappa shape index (κ1) is 11.9. The van der Waals surface area contributed by atoms with Crippen LogP contribution in [0.25, 0.3) is 0 Å². The van der Waals surface area contributed by atoms with Gasteiger partial charge in [-0.3, -0.25) is 9.69 Å². The van der Waals surface area contributed by atoms with E-state index in [1.807, 2.05) is 0 Å². The van der Waals surface area contributed by atoms with E-state index in [1.54, 1.807) is 0 Å². The molecule has 2 fully saturated rings. The molecule has 3 nitrogen and oxygen atoms in total. The Hall–Kier alpha value is -0.570. The van der Waals surface area contributed by atoms with Crippen molar-refractivity contribution < 1.29 is 9.90 Å². The Bertz CT molecular complexity index is 254. The Labute approximate surface area is 97.8 Å². The third-order valence-electron chi connectivity index (χ3n) is 4.37. The Morgan fingerprint density at radius 3 is 2.69 bits per heavy atom. The quantitative estimate of drug-likeness (QED) is 0.802. The number of hydrogen-bond acceptors (Lipinski definition) is 2. The van der Waals surface area contributed by atoms with E-state index in [0.717, 1.165) is 25.8 Å². The number of carboxylic acids is 1. The summed E-state index contributed by atoms with van der Waals surface area (Å²) in [6.07, 6.45) is 7.96. The van der Waals surface area contributed by atoms with Crippen molar-refractivity contribution in [2.75, 3.05) is 6.54 Å². The molecule has 3 atom stereocenters. The maximum atomic E-state index is 11.3. The van der Waals surface area contributed by atoms with Crippen molar-refractivity contribution in [1.29, 1.82) is 0 Å². The van der Waals surface area contributed by atoms with Crippen molar-refractivity contribution >= 4 is 5.97 Å². The highest BCUT2D eigenvalue weighted by Gasteiger charge is 2.38. The van der Waals surface area contributed by atoms with E-state index in [-0.39, 0.29) is 5.92 Å². The SMILES string of the molecule is CCC1CCCN1C1CCCCC1C(=O)O. The van der Waals surface area contributed by atoms with Crippen LogP contribution in [0, 0.1) is 5.92 Å². The Kier molecular flexibility index (Phi) is 3.85. The standard InChI is InChI=1S/C13H23NO2/c1-2-10-6-5-9-14(10)12-8-4-3-7-11(12)13(15)16/h10-12H,2-9H2,1H3,(H,15,16).